The second-order valence-electron chi connectivity index (χ2n) is 5.51. The molecule has 0 saturated carbocycles. The Balaban J connectivity index is 1.98. The number of piperazine rings is 1. The van der Waals surface area contributed by atoms with E-state index in [-0.39, 0.29) is 0 Å². The lowest BCUT2D eigenvalue weighted by molar-refractivity contribution is -0.137. The van der Waals surface area contributed by atoms with Crippen molar-refractivity contribution in [2.45, 2.75) is 6.18 Å². The predicted octanol–water partition coefficient (Wildman–Crippen LogP) is 3.92. The molecule has 0 spiro atoms. The van der Waals surface area contributed by atoms with E-state index in [9.17, 15) is 17.6 Å². The number of nitrogens with zero attached hydrogens (tertiary/aromatic N) is 1. The summed E-state index contributed by atoms with van der Waals surface area (Å²) in [7, 11) is 0. The summed E-state index contributed by atoms with van der Waals surface area (Å²) in [4.78, 5) is 2.02. The van der Waals surface area contributed by atoms with Crippen LogP contribution >= 0.6 is 0 Å². The summed E-state index contributed by atoms with van der Waals surface area (Å²) in [5, 5.41) is 3.21. The van der Waals surface area contributed by atoms with Gasteiger partial charge < -0.3 is 10.2 Å². The summed E-state index contributed by atoms with van der Waals surface area (Å²) < 4.78 is 52.5. The molecule has 0 aliphatic carbocycles. The smallest absolute Gasteiger partial charge is 0.369 e. The molecule has 6 heteroatoms. The van der Waals surface area contributed by atoms with Crippen molar-refractivity contribution in [2.24, 2.45) is 0 Å². The number of anilines is 1. The molecule has 1 N–H and O–H groups in total. The van der Waals surface area contributed by atoms with Crippen LogP contribution < -0.4 is 10.2 Å². The summed E-state index contributed by atoms with van der Waals surface area (Å²) in [5.74, 6) is -0.451. The number of hydrogen-bond acceptors (Lipinski definition) is 2. The Morgan fingerprint density at radius 2 is 1.65 bits per heavy atom. The molecule has 1 fully saturated rings. The molecule has 1 aliphatic rings. The summed E-state index contributed by atoms with van der Waals surface area (Å²) >= 11 is 0. The van der Waals surface area contributed by atoms with Crippen LogP contribution in [0.1, 0.15) is 5.56 Å². The zero-order valence-corrected chi connectivity index (χ0v) is 12.3. The van der Waals surface area contributed by atoms with Crippen LogP contribution in [0.4, 0.5) is 23.2 Å². The number of halogens is 4. The van der Waals surface area contributed by atoms with E-state index in [0.717, 1.165) is 38.3 Å². The quantitative estimate of drug-likeness (QED) is 0.842. The molecule has 3 rings (SSSR count). The van der Waals surface area contributed by atoms with Gasteiger partial charge in [0.1, 0.15) is 5.82 Å². The van der Waals surface area contributed by atoms with E-state index in [4.69, 9.17) is 0 Å². The van der Waals surface area contributed by atoms with Crippen molar-refractivity contribution >= 4 is 5.69 Å². The van der Waals surface area contributed by atoms with Gasteiger partial charge in [0.05, 0.1) is 5.56 Å². The normalized spacial score (nSPS) is 15.7. The van der Waals surface area contributed by atoms with Crippen LogP contribution in [0.2, 0.25) is 0 Å². The van der Waals surface area contributed by atoms with Gasteiger partial charge in [-0.05, 0) is 41.5 Å². The highest BCUT2D eigenvalue weighted by molar-refractivity contribution is 5.69. The summed E-state index contributed by atoms with van der Waals surface area (Å²) in [6.45, 7) is 3.09. The molecule has 0 atom stereocenters. The first-order valence-corrected chi connectivity index (χ1v) is 7.37. The zero-order valence-electron chi connectivity index (χ0n) is 12.3. The second kappa shape index (κ2) is 6.20. The summed E-state index contributed by atoms with van der Waals surface area (Å²) in [6, 6.07) is 9.39. The average Bonchev–Trinajstić information content (AvgIpc) is 2.54. The monoisotopic (exact) mass is 324 g/mol. The third-order valence-corrected chi connectivity index (χ3v) is 3.89. The molecule has 2 aromatic rings. The van der Waals surface area contributed by atoms with Crippen molar-refractivity contribution in [3.05, 3.63) is 53.8 Å². The van der Waals surface area contributed by atoms with Crippen molar-refractivity contribution in [1.29, 1.82) is 0 Å². The van der Waals surface area contributed by atoms with E-state index in [0.29, 0.717) is 16.8 Å². The van der Waals surface area contributed by atoms with Gasteiger partial charge >= 0.3 is 6.18 Å². The number of hydrogen-bond donors (Lipinski definition) is 1. The van der Waals surface area contributed by atoms with Crippen molar-refractivity contribution in [3.8, 4) is 11.1 Å². The van der Waals surface area contributed by atoms with E-state index >= 15 is 0 Å². The molecule has 2 aromatic carbocycles. The fourth-order valence-corrected chi connectivity index (χ4v) is 2.72. The molecule has 1 aliphatic heterocycles. The lowest BCUT2D eigenvalue weighted by atomic mass is 10.0. The molecule has 0 aromatic heterocycles. The van der Waals surface area contributed by atoms with Crippen molar-refractivity contribution in [3.63, 3.8) is 0 Å². The van der Waals surface area contributed by atoms with Gasteiger partial charge in [-0.2, -0.15) is 13.2 Å². The van der Waals surface area contributed by atoms with Gasteiger partial charge in [0.15, 0.2) is 0 Å². The van der Waals surface area contributed by atoms with E-state index in [1.807, 2.05) is 4.90 Å². The molecule has 1 saturated heterocycles. The standard InChI is InChI=1S/C17H16F4N2/c18-15-9-13(10-16(11-15)23-6-4-22-5-7-23)12-2-1-3-14(8-12)17(19,20)21/h1-3,8-11,22H,4-7H2. The van der Waals surface area contributed by atoms with Crippen LogP contribution in [-0.2, 0) is 6.18 Å². The van der Waals surface area contributed by atoms with E-state index < -0.39 is 17.6 Å². The molecular formula is C17H16F4N2. The average molecular weight is 324 g/mol. The molecule has 0 amide bonds. The van der Waals surface area contributed by atoms with Crippen molar-refractivity contribution in [2.75, 3.05) is 31.1 Å². The highest BCUT2D eigenvalue weighted by atomic mass is 19.4. The number of alkyl halides is 3. The number of nitrogens with one attached hydrogen (secondary N) is 1. The molecule has 1 heterocycles. The van der Waals surface area contributed by atoms with Crippen molar-refractivity contribution in [1.82, 2.24) is 5.32 Å². The van der Waals surface area contributed by atoms with E-state index in [1.54, 1.807) is 12.1 Å². The predicted molar refractivity (Wildman–Crippen MR) is 81.9 cm³/mol. The SMILES string of the molecule is Fc1cc(-c2cccc(C(F)(F)F)c2)cc(N2CCNCC2)c1. The van der Waals surface area contributed by atoms with Gasteiger partial charge in [-0.15, -0.1) is 0 Å². The van der Waals surface area contributed by atoms with Crippen LogP contribution in [0.5, 0.6) is 0 Å². The van der Waals surface area contributed by atoms with Crippen LogP contribution in [-0.4, -0.2) is 26.2 Å². The Morgan fingerprint density at radius 1 is 0.913 bits per heavy atom. The van der Waals surface area contributed by atoms with Crippen LogP contribution in [0.15, 0.2) is 42.5 Å². The Morgan fingerprint density at radius 3 is 2.35 bits per heavy atom. The number of rotatable bonds is 2. The molecular weight excluding hydrogens is 308 g/mol. The molecule has 0 bridgehead atoms. The van der Waals surface area contributed by atoms with Crippen LogP contribution in [0.3, 0.4) is 0 Å². The molecule has 2 nitrogen and oxygen atoms in total. The minimum absolute atomic E-state index is 0.357. The Hall–Kier alpha value is -2.08. The van der Waals surface area contributed by atoms with E-state index in [2.05, 4.69) is 5.32 Å². The first kappa shape index (κ1) is 15.8. The van der Waals surface area contributed by atoms with Gasteiger partial charge in [0, 0.05) is 31.9 Å². The maximum atomic E-state index is 13.9. The maximum absolute atomic E-state index is 13.9. The lowest BCUT2D eigenvalue weighted by Gasteiger charge is -2.29. The molecule has 23 heavy (non-hydrogen) atoms. The van der Waals surface area contributed by atoms with Crippen LogP contribution in [0.25, 0.3) is 11.1 Å². The molecule has 0 unspecified atom stereocenters. The topological polar surface area (TPSA) is 15.3 Å². The number of benzene rings is 2. The third kappa shape index (κ3) is 3.64. The van der Waals surface area contributed by atoms with E-state index in [1.165, 1.54) is 18.2 Å². The van der Waals surface area contributed by atoms with Gasteiger partial charge in [-0.25, -0.2) is 4.39 Å². The highest BCUT2D eigenvalue weighted by Crippen LogP contribution is 2.33. The van der Waals surface area contributed by atoms with Crippen LogP contribution in [0, 0.1) is 5.82 Å². The summed E-state index contributed by atoms with van der Waals surface area (Å²) in [6.07, 6.45) is -4.41. The van der Waals surface area contributed by atoms with Gasteiger partial charge in [-0.3, -0.25) is 0 Å². The Bertz CT molecular complexity index is 691. The zero-order chi connectivity index (χ0) is 16.4. The minimum atomic E-state index is -4.41. The Kier molecular flexibility index (Phi) is 4.26. The fourth-order valence-electron chi connectivity index (χ4n) is 2.72. The Labute approximate surface area is 131 Å². The van der Waals surface area contributed by atoms with Gasteiger partial charge in [-0.1, -0.05) is 12.1 Å². The maximum Gasteiger partial charge on any atom is 0.416 e. The molecule has 0 radical (unpaired) electrons. The largest absolute Gasteiger partial charge is 0.416 e. The highest BCUT2D eigenvalue weighted by Gasteiger charge is 2.30. The third-order valence-electron chi connectivity index (χ3n) is 3.89. The minimum Gasteiger partial charge on any atom is -0.369 e. The first-order chi connectivity index (χ1) is 10.9. The van der Waals surface area contributed by atoms with Crippen molar-refractivity contribution < 1.29 is 17.6 Å². The lowest BCUT2D eigenvalue weighted by Crippen LogP contribution is -2.43. The molecule has 122 valence electrons. The van der Waals surface area contributed by atoms with Gasteiger partial charge in [0.2, 0.25) is 0 Å². The first-order valence-electron chi connectivity index (χ1n) is 7.37. The van der Waals surface area contributed by atoms with Gasteiger partial charge in [0.25, 0.3) is 0 Å². The fraction of sp³-hybridized carbons (Fsp3) is 0.294. The second-order valence-corrected chi connectivity index (χ2v) is 5.51. The summed E-state index contributed by atoms with van der Waals surface area (Å²) in [5.41, 5.74) is 0.766.